The van der Waals surface area contributed by atoms with Crippen LogP contribution in [0.2, 0.25) is 5.02 Å². The minimum atomic E-state index is -4.79. The third-order valence-corrected chi connectivity index (χ3v) is 21.9. The molecule has 3 N–H and O–H groups in total. The van der Waals surface area contributed by atoms with Crippen molar-refractivity contribution in [3.8, 4) is 0 Å². The number of aryl methyl sites for hydroxylation is 3. The van der Waals surface area contributed by atoms with Gasteiger partial charge in [-0.1, -0.05) is 145 Å². The maximum Gasteiger partial charge on any atom is 0.417 e. The van der Waals surface area contributed by atoms with Gasteiger partial charge in [-0.15, -0.1) is 0 Å². The molecule has 578 valence electrons. The van der Waals surface area contributed by atoms with Crippen LogP contribution >= 0.6 is 11.6 Å². The molecule has 1 spiro atoms. The van der Waals surface area contributed by atoms with Crippen molar-refractivity contribution in [2.45, 2.75) is 212 Å². The summed E-state index contributed by atoms with van der Waals surface area (Å²) in [5.41, 5.74) is 0.481. The molecule has 105 heavy (non-hydrogen) atoms. The standard InChI is InChI=1S/C77H110ClF3N12O12/c1-19-48(7)64-73(103)87(13)50(9)68(98)93-38-35-57(93)72(102)90(16)60(42-53-29-25-47(6)26-30-53)71(101)86(12)44-62(94)82-56(34-32-51-31-33-54(55(78)40-51)77(79,80)81)69(99)89(15)59(41-52-27-23-46(5)24-28-52)67(97)84-76(36-21-22-37-76)75(105)92(18)65(49(8)20-2)74(104)91(17)61(70(100)85(10)11)43-63(95)88(14)58(39-45(3)4)66(96)83-64/h23-31,33,40,45,48-50,56-61,64-65H,19-22,32,34-39,41-44H2,1-18H3,(H,82,94)(H,83,96)(H,84,97)/t48-,49-,50-,56-,57?,58-,59-,60-,61-,64-,65-/m0/s1. The van der Waals surface area contributed by atoms with Crippen molar-refractivity contribution in [1.29, 1.82) is 0 Å². The van der Waals surface area contributed by atoms with E-state index in [-0.39, 0.29) is 69.4 Å². The highest BCUT2D eigenvalue weighted by Crippen LogP contribution is 2.37. The predicted octanol–water partition coefficient (Wildman–Crippen LogP) is 6.46. The number of carbonyl (C=O) groups is 12. The van der Waals surface area contributed by atoms with Gasteiger partial charge in [0.2, 0.25) is 70.9 Å². The van der Waals surface area contributed by atoms with Crippen LogP contribution in [0.1, 0.15) is 146 Å². The molecule has 11 atom stereocenters. The summed E-state index contributed by atoms with van der Waals surface area (Å²) in [5.74, 6) is -9.89. The van der Waals surface area contributed by atoms with Crippen LogP contribution in [0.3, 0.4) is 0 Å². The summed E-state index contributed by atoms with van der Waals surface area (Å²) in [4.78, 5) is 192. The lowest BCUT2D eigenvalue weighted by molar-refractivity contribution is -0.160. The summed E-state index contributed by atoms with van der Waals surface area (Å²) < 4.78 is 42.0. The maximum absolute atomic E-state index is 15.7. The first-order valence-corrected chi connectivity index (χ1v) is 36.7. The minimum Gasteiger partial charge on any atom is -0.347 e. The van der Waals surface area contributed by atoms with Gasteiger partial charge in [-0.3, -0.25) is 57.5 Å². The molecule has 24 nitrogen and oxygen atoms in total. The van der Waals surface area contributed by atoms with Gasteiger partial charge in [0.1, 0.15) is 59.9 Å². The highest BCUT2D eigenvalue weighted by atomic mass is 35.5. The number of amides is 12. The molecule has 3 aromatic carbocycles. The fourth-order valence-electron chi connectivity index (χ4n) is 14.0. The Labute approximate surface area is 621 Å². The molecule has 6 rings (SSSR count). The number of hydrogen-bond donors (Lipinski definition) is 3. The summed E-state index contributed by atoms with van der Waals surface area (Å²) in [7, 11) is 12.6. The molecular formula is C77H110ClF3N12O12. The molecule has 1 unspecified atom stereocenters. The summed E-state index contributed by atoms with van der Waals surface area (Å²) in [6.07, 6.45) is -3.98. The van der Waals surface area contributed by atoms with E-state index in [0.717, 1.165) is 38.0 Å². The zero-order chi connectivity index (χ0) is 78.6. The van der Waals surface area contributed by atoms with Gasteiger partial charge in [0.25, 0.3) is 0 Å². The van der Waals surface area contributed by atoms with Gasteiger partial charge in [-0.05, 0) is 106 Å². The first-order valence-electron chi connectivity index (χ1n) is 36.4. The first kappa shape index (κ1) is 85.3. The topological polar surface area (TPSA) is 270 Å². The zero-order valence-corrected chi connectivity index (χ0v) is 65.1. The fourth-order valence-corrected chi connectivity index (χ4v) is 14.3. The Morgan fingerprint density at radius 3 is 1.68 bits per heavy atom. The Morgan fingerprint density at radius 2 is 1.17 bits per heavy atom. The molecule has 1 saturated carbocycles. The van der Waals surface area contributed by atoms with Gasteiger partial charge < -0.3 is 60.0 Å². The minimum absolute atomic E-state index is 0.0634. The molecule has 0 radical (unpaired) electrons. The number of likely N-dealkylation sites (N-methyl/N-ethyl adjacent to an activating group) is 8. The Bertz CT molecular complexity index is 3650. The third kappa shape index (κ3) is 20.7. The van der Waals surface area contributed by atoms with Crippen LogP contribution in [0.5, 0.6) is 0 Å². The van der Waals surface area contributed by atoms with Crippen LogP contribution in [-0.2, 0) is 83.0 Å². The smallest absolute Gasteiger partial charge is 0.347 e. The molecule has 2 saturated heterocycles. The fraction of sp³-hybridized carbons (Fsp3) is 0.610. The van der Waals surface area contributed by atoms with Crippen LogP contribution in [0, 0.1) is 31.6 Å². The molecule has 3 fully saturated rings. The molecule has 0 bridgehead atoms. The van der Waals surface area contributed by atoms with E-state index in [9.17, 15) is 46.7 Å². The van der Waals surface area contributed by atoms with Crippen molar-refractivity contribution >= 4 is 82.5 Å². The third-order valence-electron chi connectivity index (χ3n) is 21.6. The zero-order valence-electron chi connectivity index (χ0n) is 64.3. The number of hydrogen-bond acceptors (Lipinski definition) is 12. The molecule has 12 amide bonds. The molecule has 28 heteroatoms. The van der Waals surface area contributed by atoms with E-state index in [1.54, 1.807) is 38.1 Å². The largest absolute Gasteiger partial charge is 0.417 e. The highest BCUT2D eigenvalue weighted by Gasteiger charge is 2.51. The van der Waals surface area contributed by atoms with Crippen molar-refractivity contribution < 1.29 is 70.7 Å². The van der Waals surface area contributed by atoms with E-state index >= 15 is 24.0 Å². The van der Waals surface area contributed by atoms with Crippen molar-refractivity contribution in [2.75, 3.05) is 76.5 Å². The van der Waals surface area contributed by atoms with Crippen molar-refractivity contribution in [2.24, 2.45) is 17.8 Å². The van der Waals surface area contributed by atoms with E-state index < -0.39 is 172 Å². The van der Waals surface area contributed by atoms with Gasteiger partial charge in [0, 0.05) is 82.8 Å². The number of carbonyl (C=O) groups excluding carboxylic acids is 12. The molecule has 3 aromatic rings. The summed E-state index contributed by atoms with van der Waals surface area (Å²) >= 11 is 6.20. The average molecular weight is 1490 g/mol. The normalized spacial score (nSPS) is 24.8. The molecule has 2 aliphatic heterocycles. The second-order valence-corrected chi connectivity index (χ2v) is 30.3. The number of alkyl halides is 3. The van der Waals surface area contributed by atoms with E-state index in [1.807, 2.05) is 65.8 Å². The lowest BCUT2D eigenvalue weighted by Gasteiger charge is -2.45. The van der Waals surface area contributed by atoms with Crippen LogP contribution in [0.25, 0.3) is 0 Å². The number of fused-ring (bicyclic) bond motifs is 1. The average Bonchev–Trinajstić information content (AvgIpc) is 1.71. The predicted molar refractivity (Wildman–Crippen MR) is 392 cm³/mol. The van der Waals surface area contributed by atoms with Gasteiger partial charge in [-0.25, -0.2) is 0 Å². The van der Waals surface area contributed by atoms with Crippen molar-refractivity contribution in [1.82, 2.24) is 60.0 Å². The summed E-state index contributed by atoms with van der Waals surface area (Å²) in [6.45, 7) is 15.5. The second kappa shape index (κ2) is 36.6. The Balaban J connectivity index is 1.51. The van der Waals surface area contributed by atoms with Crippen LogP contribution < -0.4 is 16.0 Å². The van der Waals surface area contributed by atoms with E-state index in [1.165, 1.54) is 106 Å². The van der Waals surface area contributed by atoms with E-state index in [0.29, 0.717) is 36.8 Å². The number of benzene rings is 3. The quantitative estimate of drug-likeness (QED) is 0.157. The van der Waals surface area contributed by atoms with Gasteiger partial charge in [0.15, 0.2) is 0 Å². The van der Waals surface area contributed by atoms with Gasteiger partial charge in [0.05, 0.1) is 23.6 Å². The van der Waals surface area contributed by atoms with Gasteiger partial charge >= 0.3 is 6.18 Å². The van der Waals surface area contributed by atoms with Crippen LogP contribution in [0.4, 0.5) is 13.2 Å². The Kier molecular flexibility index (Phi) is 29.7. The van der Waals surface area contributed by atoms with Crippen molar-refractivity contribution in [3.63, 3.8) is 0 Å². The SMILES string of the molecule is CC[C@H](C)[C@@H]1NC(=O)[C@H](CC(C)C)N(C)C(=O)C[C@@H](C(=O)N(C)C)N(C)C(=O)[C@H]([C@@H](C)CC)N(C)C(=O)C2(CCCC2)NC(=O)[C@H](Cc2ccc(C)cc2)N(C)C(=O)[C@H](CCc2ccc(C(F)(F)F)c(Cl)c2)NC(=O)CN(C)C(=O)[C@H](Cc2ccc(C)cc2)N(C)C(=O)C2CCN2C(=O)[C@H](C)N(C)C1=O. The number of nitrogens with one attached hydrogen (secondary N) is 3. The molecule has 0 aromatic heterocycles. The first-order chi connectivity index (χ1) is 49.1. The van der Waals surface area contributed by atoms with Gasteiger partial charge in [-0.2, -0.15) is 13.2 Å². The van der Waals surface area contributed by atoms with Crippen molar-refractivity contribution in [3.05, 3.63) is 105 Å². The molecule has 2 heterocycles. The molecular weight excluding hydrogens is 1380 g/mol. The van der Waals surface area contributed by atoms with E-state index in [2.05, 4.69) is 16.0 Å². The number of rotatable bonds is 14. The Morgan fingerprint density at radius 1 is 0.629 bits per heavy atom. The monoisotopic (exact) mass is 1490 g/mol. The Hall–Kier alpha value is -8.62. The molecule has 3 aliphatic rings. The van der Waals surface area contributed by atoms with Crippen LogP contribution in [0.15, 0.2) is 66.7 Å². The van der Waals surface area contributed by atoms with E-state index in [4.69, 9.17) is 11.6 Å². The lowest BCUT2D eigenvalue weighted by Crippen LogP contribution is -2.65. The second-order valence-electron chi connectivity index (χ2n) is 29.9. The summed E-state index contributed by atoms with van der Waals surface area (Å²) in [6, 6.07) is 5.60. The lowest BCUT2D eigenvalue weighted by atomic mass is 9.90. The summed E-state index contributed by atoms with van der Waals surface area (Å²) in [5, 5.41) is 8.10. The number of halogens is 4. The maximum atomic E-state index is 15.7. The van der Waals surface area contributed by atoms with Crippen LogP contribution in [-0.4, -0.2) is 251 Å². The molecule has 1 aliphatic carbocycles. The highest BCUT2D eigenvalue weighted by molar-refractivity contribution is 6.31. The number of nitrogens with zero attached hydrogens (tertiary/aromatic N) is 9.